The van der Waals surface area contributed by atoms with Gasteiger partial charge in [0.05, 0.1) is 16.5 Å². The summed E-state index contributed by atoms with van der Waals surface area (Å²) in [7, 11) is 0. The van der Waals surface area contributed by atoms with Crippen LogP contribution in [0.3, 0.4) is 0 Å². The summed E-state index contributed by atoms with van der Waals surface area (Å²) in [5.41, 5.74) is 5.13. The Balaban J connectivity index is 1.81. The number of aromatic nitrogens is 1. The molecule has 0 aliphatic rings. The van der Waals surface area contributed by atoms with Crippen LogP contribution in [0.5, 0.6) is 0 Å². The molecule has 1 atom stereocenters. The first-order chi connectivity index (χ1) is 13.5. The highest BCUT2D eigenvalue weighted by molar-refractivity contribution is 8.00. The number of nitriles is 1. The molecule has 1 N–H and O–H groups in total. The molecule has 28 heavy (non-hydrogen) atoms. The Kier molecular flexibility index (Phi) is 6.13. The van der Waals surface area contributed by atoms with Crippen molar-refractivity contribution in [3.8, 4) is 17.3 Å². The Labute approximate surface area is 169 Å². The van der Waals surface area contributed by atoms with Gasteiger partial charge in [-0.1, -0.05) is 54.2 Å². The maximum atomic E-state index is 12.7. The molecule has 0 spiro atoms. The third-order valence-electron chi connectivity index (χ3n) is 4.36. The van der Waals surface area contributed by atoms with Gasteiger partial charge in [0, 0.05) is 11.3 Å². The number of thioether (sulfide) groups is 1. The van der Waals surface area contributed by atoms with E-state index in [0.29, 0.717) is 10.6 Å². The van der Waals surface area contributed by atoms with E-state index < -0.39 is 5.25 Å². The molecule has 4 nitrogen and oxygen atoms in total. The predicted octanol–water partition coefficient (Wildman–Crippen LogP) is 5.36. The molecule has 3 rings (SSSR count). The van der Waals surface area contributed by atoms with Crippen LogP contribution in [0.2, 0.25) is 0 Å². The number of anilines is 1. The van der Waals surface area contributed by atoms with Crippen LogP contribution < -0.4 is 5.32 Å². The van der Waals surface area contributed by atoms with Gasteiger partial charge in [-0.2, -0.15) is 5.26 Å². The first kappa shape index (κ1) is 19.7. The molecule has 0 bridgehead atoms. The normalized spacial score (nSPS) is 11.5. The molecule has 0 aliphatic carbocycles. The summed E-state index contributed by atoms with van der Waals surface area (Å²) < 4.78 is 0. The van der Waals surface area contributed by atoms with Crippen molar-refractivity contribution in [2.45, 2.75) is 31.0 Å². The number of benzene rings is 2. The van der Waals surface area contributed by atoms with E-state index in [1.165, 1.54) is 11.8 Å². The molecule has 3 aromatic rings. The van der Waals surface area contributed by atoms with Crippen LogP contribution in [0.25, 0.3) is 11.3 Å². The summed E-state index contributed by atoms with van der Waals surface area (Å²) in [4.78, 5) is 17.3. The van der Waals surface area contributed by atoms with E-state index in [-0.39, 0.29) is 5.91 Å². The minimum Gasteiger partial charge on any atom is -0.325 e. The van der Waals surface area contributed by atoms with Crippen LogP contribution in [0.1, 0.15) is 23.6 Å². The zero-order valence-electron chi connectivity index (χ0n) is 16.1. The molecule has 0 saturated carbocycles. The number of pyridine rings is 1. The fourth-order valence-corrected chi connectivity index (χ4v) is 3.60. The summed E-state index contributed by atoms with van der Waals surface area (Å²) in [6.45, 7) is 5.78. The van der Waals surface area contributed by atoms with Crippen LogP contribution in [0, 0.1) is 25.2 Å². The number of hydrogen-bond donors (Lipinski definition) is 1. The predicted molar refractivity (Wildman–Crippen MR) is 114 cm³/mol. The molecule has 2 aromatic carbocycles. The molecule has 0 aliphatic heterocycles. The van der Waals surface area contributed by atoms with E-state index in [1.807, 2.05) is 75.4 Å². The third kappa shape index (κ3) is 4.59. The van der Waals surface area contributed by atoms with Crippen LogP contribution in [-0.4, -0.2) is 16.1 Å². The molecule has 0 saturated heterocycles. The van der Waals surface area contributed by atoms with Gasteiger partial charge in [0.15, 0.2) is 0 Å². The largest absolute Gasteiger partial charge is 0.325 e. The quantitative estimate of drug-likeness (QED) is 0.599. The molecule has 0 fully saturated rings. The van der Waals surface area contributed by atoms with Gasteiger partial charge >= 0.3 is 0 Å². The van der Waals surface area contributed by atoms with Crippen LogP contribution >= 0.6 is 11.8 Å². The lowest BCUT2D eigenvalue weighted by atomic mass is 10.1. The van der Waals surface area contributed by atoms with E-state index >= 15 is 0 Å². The van der Waals surface area contributed by atoms with E-state index in [0.717, 1.165) is 28.1 Å². The van der Waals surface area contributed by atoms with Gasteiger partial charge in [0.1, 0.15) is 11.1 Å². The molecular formula is C23H21N3OS. The molecular weight excluding hydrogens is 366 g/mol. The van der Waals surface area contributed by atoms with Crippen LogP contribution in [0.4, 0.5) is 5.69 Å². The first-order valence-electron chi connectivity index (χ1n) is 8.99. The third-order valence-corrected chi connectivity index (χ3v) is 5.46. The van der Waals surface area contributed by atoms with Crippen molar-refractivity contribution in [2.75, 3.05) is 5.32 Å². The Morgan fingerprint density at radius 2 is 1.86 bits per heavy atom. The standard InChI is InChI=1S/C23H21N3OS/c1-15-9-10-16(2)21(13-15)25-22(27)17(3)28-23-19(14-24)11-12-20(26-23)18-7-5-4-6-8-18/h4-13,17H,1-3H3,(H,25,27). The second-order valence-corrected chi connectivity index (χ2v) is 7.92. The number of nitrogens with one attached hydrogen (secondary N) is 1. The highest BCUT2D eigenvalue weighted by Gasteiger charge is 2.19. The summed E-state index contributed by atoms with van der Waals surface area (Å²) in [5.74, 6) is -0.116. The van der Waals surface area contributed by atoms with Gasteiger partial charge in [0.2, 0.25) is 5.91 Å². The lowest BCUT2D eigenvalue weighted by Crippen LogP contribution is -2.23. The molecule has 1 heterocycles. The maximum absolute atomic E-state index is 12.7. The van der Waals surface area contributed by atoms with E-state index in [2.05, 4.69) is 16.4 Å². The number of carbonyl (C=O) groups is 1. The topological polar surface area (TPSA) is 65.8 Å². The summed E-state index contributed by atoms with van der Waals surface area (Å²) in [6.07, 6.45) is 0. The number of amides is 1. The Morgan fingerprint density at radius 1 is 1.11 bits per heavy atom. The van der Waals surface area contributed by atoms with Gasteiger partial charge in [-0.15, -0.1) is 0 Å². The van der Waals surface area contributed by atoms with Gasteiger partial charge in [0.25, 0.3) is 0 Å². The van der Waals surface area contributed by atoms with Crippen molar-refractivity contribution in [1.29, 1.82) is 5.26 Å². The minimum absolute atomic E-state index is 0.116. The number of rotatable bonds is 5. The van der Waals surface area contributed by atoms with Crippen molar-refractivity contribution in [1.82, 2.24) is 4.98 Å². The van der Waals surface area contributed by atoms with Crippen molar-refractivity contribution in [2.24, 2.45) is 0 Å². The van der Waals surface area contributed by atoms with Gasteiger partial charge in [-0.3, -0.25) is 4.79 Å². The van der Waals surface area contributed by atoms with Crippen LogP contribution in [0.15, 0.2) is 65.7 Å². The number of carbonyl (C=O) groups excluding carboxylic acids is 1. The van der Waals surface area contributed by atoms with E-state index in [1.54, 1.807) is 6.07 Å². The summed E-state index contributed by atoms with van der Waals surface area (Å²) in [6, 6.07) is 21.5. The maximum Gasteiger partial charge on any atom is 0.237 e. The van der Waals surface area contributed by atoms with Crippen molar-refractivity contribution in [3.05, 3.63) is 77.4 Å². The Bertz CT molecular complexity index is 1040. The van der Waals surface area contributed by atoms with E-state index in [4.69, 9.17) is 0 Å². The fraction of sp³-hybridized carbons (Fsp3) is 0.174. The average molecular weight is 388 g/mol. The van der Waals surface area contributed by atoms with Gasteiger partial charge < -0.3 is 5.32 Å². The fourth-order valence-electron chi connectivity index (χ4n) is 2.71. The summed E-state index contributed by atoms with van der Waals surface area (Å²) in [5, 5.41) is 12.6. The lowest BCUT2D eigenvalue weighted by Gasteiger charge is -2.15. The molecule has 1 unspecified atom stereocenters. The molecule has 1 aromatic heterocycles. The second kappa shape index (κ2) is 8.73. The SMILES string of the molecule is Cc1ccc(C)c(NC(=O)C(C)Sc2nc(-c3ccccc3)ccc2C#N)c1. The van der Waals surface area contributed by atoms with E-state index in [9.17, 15) is 10.1 Å². The smallest absolute Gasteiger partial charge is 0.237 e. The van der Waals surface area contributed by atoms with Crippen molar-refractivity contribution < 1.29 is 4.79 Å². The number of hydrogen-bond acceptors (Lipinski definition) is 4. The highest BCUT2D eigenvalue weighted by atomic mass is 32.2. The number of aryl methyl sites for hydroxylation is 2. The monoisotopic (exact) mass is 387 g/mol. The average Bonchev–Trinajstić information content (AvgIpc) is 2.71. The van der Waals surface area contributed by atoms with Crippen molar-refractivity contribution >= 4 is 23.4 Å². The summed E-state index contributed by atoms with van der Waals surface area (Å²) >= 11 is 1.30. The van der Waals surface area contributed by atoms with Gasteiger partial charge in [-0.25, -0.2) is 4.98 Å². The zero-order chi connectivity index (χ0) is 20.1. The highest BCUT2D eigenvalue weighted by Crippen LogP contribution is 2.29. The zero-order valence-corrected chi connectivity index (χ0v) is 16.9. The molecule has 0 radical (unpaired) electrons. The molecule has 5 heteroatoms. The Morgan fingerprint density at radius 3 is 2.57 bits per heavy atom. The second-order valence-electron chi connectivity index (χ2n) is 6.59. The Hall–Kier alpha value is -3.10. The van der Waals surface area contributed by atoms with Crippen molar-refractivity contribution in [3.63, 3.8) is 0 Å². The van der Waals surface area contributed by atoms with Gasteiger partial charge in [-0.05, 0) is 50.1 Å². The number of nitrogens with zero attached hydrogens (tertiary/aromatic N) is 2. The molecule has 140 valence electrons. The molecule has 1 amide bonds. The van der Waals surface area contributed by atoms with Crippen LogP contribution in [-0.2, 0) is 4.79 Å². The minimum atomic E-state index is -0.398. The lowest BCUT2D eigenvalue weighted by molar-refractivity contribution is -0.115. The first-order valence-corrected chi connectivity index (χ1v) is 9.87.